The van der Waals surface area contributed by atoms with Gasteiger partial charge in [0.1, 0.15) is 0 Å². The van der Waals surface area contributed by atoms with Crippen molar-refractivity contribution < 1.29 is 0 Å². The molecule has 0 bridgehead atoms. The number of para-hydroxylation sites is 1. The molecule has 2 aromatic rings. The van der Waals surface area contributed by atoms with Gasteiger partial charge in [-0.1, -0.05) is 82.7 Å². The van der Waals surface area contributed by atoms with Crippen molar-refractivity contribution in [1.82, 2.24) is 0 Å². The lowest BCUT2D eigenvalue weighted by atomic mass is 10.0. The van der Waals surface area contributed by atoms with Crippen LogP contribution in [0.2, 0.25) is 0 Å². The highest BCUT2D eigenvalue weighted by Crippen LogP contribution is 2.24. The third-order valence-corrected chi connectivity index (χ3v) is 4.84. The van der Waals surface area contributed by atoms with Crippen molar-refractivity contribution >= 4 is 11.4 Å². The summed E-state index contributed by atoms with van der Waals surface area (Å²) in [4.78, 5) is 0. The number of unbranched alkanes of at least 4 members (excludes halogenated alkanes) is 6. The van der Waals surface area contributed by atoms with Gasteiger partial charge in [0.2, 0.25) is 0 Å². The molecule has 1 nitrogen and oxygen atoms in total. The highest BCUT2D eigenvalue weighted by molar-refractivity contribution is 5.63. The molecule has 25 heavy (non-hydrogen) atoms. The predicted molar refractivity (Wildman–Crippen MR) is 112 cm³/mol. The van der Waals surface area contributed by atoms with E-state index in [1.54, 1.807) is 0 Å². The van der Waals surface area contributed by atoms with Crippen molar-refractivity contribution in [2.24, 2.45) is 0 Å². The van der Waals surface area contributed by atoms with E-state index >= 15 is 0 Å². The molecule has 2 rings (SSSR count). The summed E-state index contributed by atoms with van der Waals surface area (Å²) < 4.78 is 0. The van der Waals surface area contributed by atoms with E-state index < -0.39 is 0 Å². The average Bonchev–Trinajstić information content (AvgIpc) is 2.64. The highest BCUT2D eigenvalue weighted by Gasteiger charge is 2.03. The summed E-state index contributed by atoms with van der Waals surface area (Å²) in [5, 5.41) is 3.65. The standard InChI is InChI=1S/C24H35N/c1-3-5-7-8-9-10-16-22-17-11-12-19-24(22)25-23-18-13-15-21(20-23)14-6-4-2/h11-13,15,17-20,25H,3-10,14,16H2,1-2H3. The van der Waals surface area contributed by atoms with Crippen molar-refractivity contribution in [3.63, 3.8) is 0 Å². The first-order chi connectivity index (χ1) is 12.3. The lowest BCUT2D eigenvalue weighted by Crippen LogP contribution is -1.97. The van der Waals surface area contributed by atoms with Crippen molar-refractivity contribution in [2.75, 3.05) is 5.32 Å². The molecule has 0 aromatic heterocycles. The molecule has 1 heteroatoms. The summed E-state index contributed by atoms with van der Waals surface area (Å²) in [7, 11) is 0. The van der Waals surface area contributed by atoms with Gasteiger partial charge < -0.3 is 5.32 Å². The molecule has 0 aliphatic heterocycles. The molecule has 0 aliphatic rings. The topological polar surface area (TPSA) is 12.0 Å². The molecule has 0 radical (unpaired) electrons. The van der Waals surface area contributed by atoms with Gasteiger partial charge in [-0.05, 0) is 55.0 Å². The van der Waals surface area contributed by atoms with Crippen LogP contribution in [0, 0.1) is 0 Å². The molecule has 2 aromatic carbocycles. The Morgan fingerprint density at radius 1 is 0.680 bits per heavy atom. The second-order valence-electron chi connectivity index (χ2n) is 7.10. The Morgan fingerprint density at radius 2 is 1.44 bits per heavy atom. The fourth-order valence-corrected chi connectivity index (χ4v) is 3.30. The van der Waals surface area contributed by atoms with Gasteiger partial charge in [0.05, 0.1) is 0 Å². The Bertz CT molecular complexity index is 603. The summed E-state index contributed by atoms with van der Waals surface area (Å²) >= 11 is 0. The summed E-state index contributed by atoms with van der Waals surface area (Å²) in [6.45, 7) is 4.53. The van der Waals surface area contributed by atoms with Gasteiger partial charge in [-0.15, -0.1) is 0 Å². The Labute approximate surface area is 154 Å². The van der Waals surface area contributed by atoms with Crippen LogP contribution in [0.3, 0.4) is 0 Å². The largest absolute Gasteiger partial charge is 0.355 e. The van der Waals surface area contributed by atoms with E-state index in [9.17, 15) is 0 Å². The minimum absolute atomic E-state index is 1.17. The highest BCUT2D eigenvalue weighted by atomic mass is 14.9. The molecule has 0 saturated carbocycles. The van der Waals surface area contributed by atoms with Gasteiger partial charge in [-0.25, -0.2) is 0 Å². The van der Waals surface area contributed by atoms with Crippen molar-refractivity contribution in [3.8, 4) is 0 Å². The van der Waals surface area contributed by atoms with Crippen LogP contribution in [0.25, 0.3) is 0 Å². The number of hydrogen-bond donors (Lipinski definition) is 1. The first kappa shape index (κ1) is 19.6. The lowest BCUT2D eigenvalue weighted by molar-refractivity contribution is 0.608. The Morgan fingerprint density at radius 3 is 2.28 bits per heavy atom. The van der Waals surface area contributed by atoms with Crippen molar-refractivity contribution in [1.29, 1.82) is 0 Å². The zero-order chi connectivity index (χ0) is 17.7. The first-order valence-corrected chi connectivity index (χ1v) is 10.3. The van der Waals surface area contributed by atoms with Crippen molar-refractivity contribution in [3.05, 3.63) is 59.7 Å². The van der Waals surface area contributed by atoms with E-state index in [1.807, 2.05) is 0 Å². The van der Waals surface area contributed by atoms with Crippen LogP contribution in [0.4, 0.5) is 11.4 Å². The van der Waals surface area contributed by atoms with Crippen LogP contribution < -0.4 is 5.32 Å². The first-order valence-electron chi connectivity index (χ1n) is 10.3. The number of rotatable bonds is 12. The molecule has 0 aliphatic carbocycles. The molecule has 1 N–H and O–H groups in total. The molecule has 0 atom stereocenters. The van der Waals surface area contributed by atoms with Crippen LogP contribution in [-0.4, -0.2) is 0 Å². The van der Waals surface area contributed by atoms with E-state index in [4.69, 9.17) is 0 Å². The molecule has 0 heterocycles. The lowest BCUT2D eigenvalue weighted by Gasteiger charge is -2.13. The van der Waals surface area contributed by atoms with E-state index in [0.717, 1.165) is 0 Å². The normalized spacial score (nSPS) is 10.8. The predicted octanol–water partition coefficient (Wildman–Crippen LogP) is 7.68. The monoisotopic (exact) mass is 337 g/mol. The van der Waals surface area contributed by atoms with Gasteiger partial charge in [-0.2, -0.15) is 0 Å². The minimum Gasteiger partial charge on any atom is -0.355 e. The van der Waals surface area contributed by atoms with E-state index in [1.165, 1.54) is 86.7 Å². The number of nitrogens with one attached hydrogen (secondary N) is 1. The fourth-order valence-electron chi connectivity index (χ4n) is 3.30. The maximum atomic E-state index is 3.65. The number of benzene rings is 2. The Balaban J connectivity index is 1.91. The van der Waals surface area contributed by atoms with Gasteiger partial charge in [0, 0.05) is 11.4 Å². The van der Waals surface area contributed by atoms with Crippen LogP contribution in [0.5, 0.6) is 0 Å². The third-order valence-electron chi connectivity index (χ3n) is 4.84. The van der Waals surface area contributed by atoms with Crippen LogP contribution in [0.15, 0.2) is 48.5 Å². The summed E-state index contributed by atoms with van der Waals surface area (Å²) in [5.74, 6) is 0. The van der Waals surface area contributed by atoms with Gasteiger partial charge in [-0.3, -0.25) is 0 Å². The second kappa shape index (κ2) is 11.7. The zero-order valence-corrected chi connectivity index (χ0v) is 16.2. The van der Waals surface area contributed by atoms with Gasteiger partial charge >= 0.3 is 0 Å². The van der Waals surface area contributed by atoms with Crippen LogP contribution in [-0.2, 0) is 12.8 Å². The molecular weight excluding hydrogens is 302 g/mol. The number of hydrogen-bond acceptors (Lipinski definition) is 1. The SMILES string of the molecule is CCCCCCCCc1ccccc1Nc1cccc(CCCC)c1. The minimum atomic E-state index is 1.17. The maximum absolute atomic E-state index is 3.65. The number of aryl methyl sites for hydroxylation is 2. The van der Waals surface area contributed by atoms with Gasteiger partial charge in [0.25, 0.3) is 0 Å². The van der Waals surface area contributed by atoms with E-state index in [-0.39, 0.29) is 0 Å². The molecule has 0 saturated heterocycles. The zero-order valence-electron chi connectivity index (χ0n) is 16.2. The third kappa shape index (κ3) is 7.34. The van der Waals surface area contributed by atoms with Gasteiger partial charge in [0.15, 0.2) is 0 Å². The molecule has 0 fully saturated rings. The Hall–Kier alpha value is -1.76. The molecule has 0 unspecified atom stereocenters. The Kier molecular flexibility index (Phi) is 9.18. The van der Waals surface area contributed by atoms with E-state index in [2.05, 4.69) is 67.7 Å². The molecule has 136 valence electrons. The summed E-state index contributed by atoms with van der Waals surface area (Å²) in [6, 6.07) is 17.7. The van der Waals surface area contributed by atoms with Crippen LogP contribution >= 0.6 is 0 Å². The summed E-state index contributed by atoms with van der Waals surface area (Å²) in [6.07, 6.45) is 13.0. The fraction of sp³-hybridized carbons (Fsp3) is 0.500. The molecule has 0 amide bonds. The quantitative estimate of drug-likeness (QED) is 0.392. The summed E-state index contributed by atoms with van der Waals surface area (Å²) in [5.41, 5.74) is 5.35. The molecule has 0 spiro atoms. The smallest absolute Gasteiger partial charge is 0.0416 e. The van der Waals surface area contributed by atoms with E-state index in [0.29, 0.717) is 0 Å². The number of anilines is 2. The molecular formula is C24H35N. The van der Waals surface area contributed by atoms with Crippen LogP contribution in [0.1, 0.15) is 76.3 Å². The maximum Gasteiger partial charge on any atom is 0.0416 e. The van der Waals surface area contributed by atoms with Crippen molar-refractivity contribution in [2.45, 2.75) is 78.1 Å². The average molecular weight is 338 g/mol. The second-order valence-corrected chi connectivity index (χ2v) is 7.10.